The molecule has 0 aliphatic carbocycles. The van der Waals surface area contributed by atoms with Crippen LogP contribution in [0.4, 0.5) is 13.2 Å². The zero-order chi connectivity index (χ0) is 22.7. The highest BCUT2D eigenvalue weighted by Crippen LogP contribution is 2.41. The van der Waals surface area contributed by atoms with Crippen molar-refractivity contribution in [2.45, 2.75) is 39.0 Å². The number of pyridine rings is 2. The summed E-state index contributed by atoms with van der Waals surface area (Å²) in [5.41, 5.74) is 0.836. The summed E-state index contributed by atoms with van der Waals surface area (Å²) in [6.07, 6.45) is 3.63. The molecule has 0 radical (unpaired) electrons. The Kier molecular flexibility index (Phi) is 6.26. The standard InChI is InChI=1S/C22H23F3N4O2/c1-20(2,3)21(30,8-15-9-26-14-27-10-15)18-6-4-16(11-28-18)17-5-7-19(29-12-17)31-13-22(23,24)25/h4-7,9-12,14,30H,8,13H2,1-3H3. The molecule has 0 bridgehead atoms. The molecule has 0 fully saturated rings. The van der Waals surface area contributed by atoms with Gasteiger partial charge in [0.05, 0.1) is 5.69 Å². The SMILES string of the molecule is CC(C)(C)C(O)(Cc1cncnc1)c1ccc(-c2ccc(OCC(F)(F)F)nc2)cn1. The maximum Gasteiger partial charge on any atom is 0.422 e. The van der Waals surface area contributed by atoms with Gasteiger partial charge in [-0.25, -0.2) is 15.0 Å². The minimum Gasteiger partial charge on any atom is -0.468 e. The van der Waals surface area contributed by atoms with Gasteiger partial charge in [0.15, 0.2) is 6.61 Å². The van der Waals surface area contributed by atoms with Gasteiger partial charge in [-0.15, -0.1) is 0 Å². The predicted octanol–water partition coefficient (Wildman–Crippen LogP) is 4.35. The average molecular weight is 432 g/mol. The van der Waals surface area contributed by atoms with Crippen molar-refractivity contribution < 1.29 is 23.0 Å². The number of aliphatic hydroxyl groups is 1. The summed E-state index contributed by atoms with van der Waals surface area (Å²) >= 11 is 0. The van der Waals surface area contributed by atoms with E-state index in [9.17, 15) is 18.3 Å². The fraction of sp³-hybridized carbons (Fsp3) is 0.364. The zero-order valence-corrected chi connectivity index (χ0v) is 17.4. The van der Waals surface area contributed by atoms with Crippen molar-refractivity contribution in [2.24, 2.45) is 5.41 Å². The van der Waals surface area contributed by atoms with Crippen LogP contribution in [-0.4, -0.2) is 37.8 Å². The number of ether oxygens (including phenoxy) is 1. The van der Waals surface area contributed by atoms with Crippen molar-refractivity contribution in [3.05, 3.63) is 66.6 Å². The lowest BCUT2D eigenvalue weighted by atomic mass is 9.71. The monoisotopic (exact) mass is 432 g/mol. The van der Waals surface area contributed by atoms with E-state index in [1.54, 1.807) is 36.8 Å². The molecule has 0 aliphatic rings. The van der Waals surface area contributed by atoms with E-state index in [0.717, 1.165) is 5.56 Å². The van der Waals surface area contributed by atoms with Crippen molar-refractivity contribution in [3.8, 4) is 17.0 Å². The number of rotatable bonds is 6. The van der Waals surface area contributed by atoms with Crippen LogP contribution in [0.1, 0.15) is 32.0 Å². The number of halogens is 3. The van der Waals surface area contributed by atoms with E-state index in [0.29, 0.717) is 16.8 Å². The molecule has 0 spiro atoms. The second-order valence-corrected chi connectivity index (χ2v) is 8.25. The van der Waals surface area contributed by atoms with Gasteiger partial charge in [-0.1, -0.05) is 26.8 Å². The summed E-state index contributed by atoms with van der Waals surface area (Å²) in [5.74, 6) is -0.113. The van der Waals surface area contributed by atoms with E-state index >= 15 is 0 Å². The molecule has 3 rings (SSSR count). The molecule has 0 saturated heterocycles. The van der Waals surface area contributed by atoms with Gasteiger partial charge in [-0.3, -0.25) is 4.98 Å². The van der Waals surface area contributed by atoms with E-state index in [1.807, 2.05) is 20.8 Å². The molecule has 164 valence electrons. The largest absolute Gasteiger partial charge is 0.468 e. The first-order valence-electron chi connectivity index (χ1n) is 9.57. The van der Waals surface area contributed by atoms with Crippen LogP contribution in [-0.2, 0) is 12.0 Å². The molecule has 6 nitrogen and oxygen atoms in total. The van der Waals surface area contributed by atoms with E-state index in [2.05, 4.69) is 24.7 Å². The molecule has 9 heteroatoms. The van der Waals surface area contributed by atoms with E-state index in [4.69, 9.17) is 0 Å². The molecule has 3 aromatic rings. The van der Waals surface area contributed by atoms with Crippen molar-refractivity contribution in [1.29, 1.82) is 0 Å². The van der Waals surface area contributed by atoms with Crippen LogP contribution in [0.5, 0.6) is 5.88 Å². The third kappa shape index (κ3) is 5.55. The minimum absolute atomic E-state index is 0.113. The summed E-state index contributed by atoms with van der Waals surface area (Å²) in [4.78, 5) is 16.4. The van der Waals surface area contributed by atoms with Crippen LogP contribution >= 0.6 is 0 Å². The maximum atomic E-state index is 12.3. The third-order valence-electron chi connectivity index (χ3n) is 4.96. The molecule has 1 unspecified atom stereocenters. The highest BCUT2D eigenvalue weighted by Gasteiger charge is 2.43. The maximum absolute atomic E-state index is 12.3. The quantitative estimate of drug-likeness (QED) is 0.624. The number of aromatic nitrogens is 4. The molecule has 0 saturated carbocycles. The average Bonchev–Trinajstić information content (AvgIpc) is 2.72. The molecule has 0 aliphatic heterocycles. The Morgan fingerprint density at radius 3 is 1.97 bits per heavy atom. The van der Waals surface area contributed by atoms with Gasteiger partial charge in [0, 0.05) is 48.4 Å². The number of alkyl halides is 3. The van der Waals surface area contributed by atoms with Gasteiger partial charge >= 0.3 is 6.18 Å². The van der Waals surface area contributed by atoms with E-state index < -0.39 is 23.8 Å². The minimum atomic E-state index is -4.42. The zero-order valence-electron chi connectivity index (χ0n) is 17.4. The second kappa shape index (κ2) is 8.58. The molecule has 3 aromatic heterocycles. The van der Waals surface area contributed by atoms with E-state index in [1.165, 1.54) is 18.6 Å². The number of hydrogen-bond acceptors (Lipinski definition) is 6. The summed E-state index contributed by atoms with van der Waals surface area (Å²) in [6.45, 7) is 4.38. The molecule has 31 heavy (non-hydrogen) atoms. The van der Waals surface area contributed by atoms with Crippen molar-refractivity contribution >= 4 is 0 Å². The number of nitrogens with zero attached hydrogens (tertiary/aromatic N) is 4. The normalized spacial score (nSPS) is 14.2. The Morgan fingerprint density at radius 1 is 0.871 bits per heavy atom. The molecular weight excluding hydrogens is 409 g/mol. The summed E-state index contributed by atoms with van der Waals surface area (Å²) in [7, 11) is 0. The molecule has 1 atom stereocenters. The lowest BCUT2D eigenvalue weighted by Crippen LogP contribution is -2.42. The fourth-order valence-corrected chi connectivity index (χ4v) is 3.06. The fourth-order valence-electron chi connectivity index (χ4n) is 3.06. The van der Waals surface area contributed by atoms with Crippen molar-refractivity contribution in [1.82, 2.24) is 19.9 Å². The Hall–Kier alpha value is -3.07. The van der Waals surface area contributed by atoms with Crippen LogP contribution in [0, 0.1) is 5.41 Å². The van der Waals surface area contributed by atoms with Crippen molar-refractivity contribution in [3.63, 3.8) is 0 Å². The van der Waals surface area contributed by atoms with Gasteiger partial charge < -0.3 is 9.84 Å². The highest BCUT2D eigenvalue weighted by atomic mass is 19.4. The molecule has 0 amide bonds. The summed E-state index contributed by atoms with van der Waals surface area (Å²) < 4.78 is 41.4. The van der Waals surface area contributed by atoms with E-state index in [-0.39, 0.29) is 12.3 Å². The van der Waals surface area contributed by atoms with Gasteiger partial charge in [0.1, 0.15) is 11.9 Å². The van der Waals surface area contributed by atoms with Crippen molar-refractivity contribution in [2.75, 3.05) is 6.61 Å². The van der Waals surface area contributed by atoms with Crippen LogP contribution in [0.2, 0.25) is 0 Å². The van der Waals surface area contributed by atoms with Gasteiger partial charge in [-0.2, -0.15) is 13.2 Å². The van der Waals surface area contributed by atoms with Crippen LogP contribution in [0.15, 0.2) is 55.4 Å². The first-order valence-corrected chi connectivity index (χ1v) is 9.57. The Morgan fingerprint density at radius 2 is 1.48 bits per heavy atom. The molecular formula is C22H23F3N4O2. The van der Waals surface area contributed by atoms with Gasteiger partial charge in [0.25, 0.3) is 0 Å². The number of hydrogen-bond donors (Lipinski definition) is 1. The second-order valence-electron chi connectivity index (χ2n) is 8.25. The topological polar surface area (TPSA) is 81.0 Å². The summed E-state index contributed by atoms with van der Waals surface area (Å²) in [5, 5.41) is 11.6. The smallest absolute Gasteiger partial charge is 0.422 e. The van der Waals surface area contributed by atoms with Crippen LogP contribution in [0.25, 0.3) is 11.1 Å². The predicted molar refractivity (Wildman–Crippen MR) is 108 cm³/mol. The van der Waals surface area contributed by atoms with Gasteiger partial charge in [-0.05, 0) is 23.1 Å². The summed E-state index contributed by atoms with van der Waals surface area (Å²) in [6, 6.07) is 6.49. The van der Waals surface area contributed by atoms with Crippen LogP contribution in [0.3, 0.4) is 0 Å². The van der Waals surface area contributed by atoms with Crippen LogP contribution < -0.4 is 4.74 Å². The highest BCUT2D eigenvalue weighted by molar-refractivity contribution is 5.61. The first kappa shape index (κ1) is 22.6. The lowest BCUT2D eigenvalue weighted by Gasteiger charge is -2.40. The molecule has 1 N–H and O–H groups in total. The molecule has 0 aromatic carbocycles. The molecule has 3 heterocycles. The Labute approximate surface area is 178 Å². The Balaban J connectivity index is 1.82. The van der Waals surface area contributed by atoms with Gasteiger partial charge in [0.2, 0.25) is 5.88 Å². The lowest BCUT2D eigenvalue weighted by molar-refractivity contribution is -0.154. The third-order valence-corrected chi connectivity index (χ3v) is 4.96. The first-order chi connectivity index (χ1) is 14.5. The Bertz CT molecular complexity index is 989.